The van der Waals surface area contributed by atoms with E-state index in [1.54, 1.807) is 31.4 Å². The molecule has 2 N–H and O–H groups in total. The molecule has 0 spiro atoms. The highest BCUT2D eigenvalue weighted by molar-refractivity contribution is 5.91. The van der Waals surface area contributed by atoms with Crippen LogP contribution in [0.3, 0.4) is 0 Å². The number of amides is 2. The van der Waals surface area contributed by atoms with Crippen LogP contribution in [-0.4, -0.2) is 23.7 Å². The Bertz CT molecular complexity index is 1040. The molecule has 1 fully saturated rings. The lowest BCUT2D eigenvalue weighted by atomic mass is 10.1. The van der Waals surface area contributed by atoms with Gasteiger partial charge in [0.15, 0.2) is 5.82 Å². The molecule has 3 aromatic rings. The van der Waals surface area contributed by atoms with Crippen molar-refractivity contribution in [2.75, 3.05) is 12.4 Å². The van der Waals surface area contributed by atoms with Crippen LogP contribution in [0, 0.1) is 11.7 Å². The molecule has 0 aliphatic heterocycles. The zero-order valence-corrected chi connectivity index (χ0v) is 17.0. The number of rotatable bonds is 6. The Hall–Kier alpha value is -3.02. The number of ether oxygens (including phenoxy) is 1. The van der Waals surface area contributed by atoms with E-state index < -0.39 is 0 Å². The second kappa shape index (κ2) is 7.78. The molecule has 0 unspecified atom stereocenters. The van der Waals surface area contributed by atoms with E-state index in [1.165, 1.54) is 12.8 Å². The van der Waals surface area contributed by atoms with Crippen LogP contribution in [0.1, 0.15) is 26.7 Å². The van der Waals surface area contributed by atoms with Gasteiger partial charge in [0.2, 0.25) is 0 Å². The number of nitrogens with zero attached hydrogens (tertiary/aromatic N) is 1. The van der Waals surface area contributed by atoms with Gasteiger partial charge in [0.25, 0.3) is 0 Å². The Kier molecular flexibility index (Phi) is 5.18. The third kappa shape index (κ3) is 4.06. The van der Waals surface area contributed by atoms with Crippen LogP contribution < -0.4 is 15.4 Å². The smallest absolute Gasteiger partial charge is 0.319 e. The normalized spacial score (nSPS) is 13.7. The highest BCUT2D eigenvalue weighted by atomic mass is 19.1. The summed E-state index contributed by atoms with van der Waals surface area (Å²) in [5.41, 5.74) is 2.88. The monoisotopic (exact) mass is 395 g/mol. The Morgan fingerprint density at radius 3 is 2.55 bits per heavy atom. The largest absolute Gasteiger partial charge is 0.497 e. The number of urea groups is 1. The Balaban J connectivity index is 1.71. The molecule has 1 heterocycles. The fourth-order valence-corrected chi connectivity index (χ4v) is 3.59. The Morgan fingerprint density at radius 2 is 1.93 bits per heavy atom. The van der Waals surface area contributed by atoms with Gasteiger partial charge < -0.3 is 19.9 Å². The number of methoxy groups -OCH3 is 1. The summed E-state index contributed by atoms with van der Waals surface area (Å²) >= 11 is 0. The van der Waals surface area contributed by atoms with Gasteiger partial charge in [-0.1, -0.05) is 12.1 Å². The van der Waals surface area contributed by atoms with Crippen molar-refractivity contribution < 1.29 is 13.9 Å². The van der Waals surface area contributed by atoms with E-state index >= 15 is 4.39 Å². The van der Waals surface area contributed by atoms with Crippen LogP contribution in [0.2, 0.25) is 0 Å². The van der Waals surface area contributed by atoms with Crippen molar-refractivity contribution in [3.63, 3.8) is 0 Å². The first kappa shape index (κ1) is 19.3. The maximum Gasteiger partial charge on any atom is 0.319 e. The summed E-state index contributed by atoms with van der Waals surface area (Å²) in [6.07, 6.45) is 2.36. The van der Waals surface area contributed by atoms with E-state index in [1.807, 2.05) is 32.0 Å². The topological polar surface area (TPSA) is 55.3 Å². The summed E-state index contributed by atoms with van der Waals surface area (Å²) in [4.78, 5) is 11.9. The van der Waals surface area contributed by atoms with Gasteiger partial charge in [0.05, 0.1) is 18.3 Å². The SMILES string of the molecule is COc1ccc2c(F)c(-c3ccc(NC(=O)NC(C)C)cc3)n(CC3CC3)c2c1. The van der Waals surface area contributed by atoms with Crippen LogP contribution in [-0.2, 0) is 6.54 Å². The van der Waals surface area contributed by atoms with Gasteiger partial charge in [-0.25, -0.2) is 9.18 Å². The third-order valence-electron chi connectivity index (χ3n) is 5.18. The fourth-order valence-electron chi connectivity index (χ4n) is 3.59. The van der Waals surface area contributed by atoms with Gasteiger partial charge >= 0.3 is 6.03 Å². The highest BCUT2D eigenvalue weighted by Crippen LogP contribution is 2.39. The molecular weight excluding hydrogens is 369 g/mol. The van der Waals surface area contributed by atoms with Gasteiger partial charge in [-0.3, -0.25) is 0 Å². The summed E-state index contributed by atoms with van der Waals surface area (Å²) in [7, 11) is 1.62. The average molecular weight is 395 g/mol. The van der Waals surface area contributed by atoms with Crippen molar-refractivity contribution >= 4 is 22.6 Å². The summed E-state index contributed by atoms with van der Waals surface area (Å²) < 4.78 is 22.8. The second-order valence-electron chi connectivity index (χ2n) is 7.93. The zero-order valence-electron chi connectivity index (χ0n) is 17.0. The third-order valence-corrected chi connectivity index (χ3v) is 5.18. The molecule has 6 heteroatoms. The lowest BCUT2D eigenvalue weighted by molar-refractivity contribution is 0.250. The quantitative estimate of drug-likeness (QED) is 0.587. The van der Waals surface area contributed by atoms with Crippen molar-refractivity contribution in [3.05, 3.63) is 48.3 Å². The number of hydrogen-bond acceptors (Lipinski definition) is 2. The molecule has 0 saturated heterocycles. The number of fused-ring (bicyclic) bond motifs is 1. The first-order chi connectivity index (χ1) is 14.0. The van der Waals surface area contributed by atoms with Crippen LogP contribution in [0.5, 0.6) is 5.75 Å². The van der Waals surface area contributed by atoms with E-state index in [2.05, 4.69) is 15.2 Å². The molecule has 29 heavy (non-hydrogen) atoms. The first-order valence-corrected chi connectivity index (χ1v) is 10.00. The molecule has 2 aromatic carbocycles. The fraction of sp³-hybridized carbons (Fsp3) is 0.348. The number of halogens is 1. The standard InChI is InChI=1S/C23H26FN3O2/c1-14(2)25-23(28)26-17-8-6-16(7-9-17)22-21(24)19-11-10-18(29-3)12-20(19)27(22)13-15-4-5-15/h6-12,14-15H,4-5,13H2,1-3H3,(H2,25,26,28). The number of aromatic nitrogens is 1. The minimum absolute atomic E-state index is 0.0542. The minimum atomic E-state index is -0.256. The lowest BCUT2D eigenvalue weighted by Crippen LogP contribution is -2.34. The molecule has 2 amide bonds. The molecular formula is C23H26FN3O2. The molecule has 1 aliphatic carbocycles. The van der Waals surface area contributed by atoms with Crippen molar-refractivity contribution in [1.82, 2.24) is 9.88 Å². The van der Waals surface area contributed by atoms with Crippen molar-refractivity contribution in [1.29, 1.82) is 0 Å². The Morgan fingerprint density at radius 1 is 1.21 bits per heavy atom. The maximum absolute atomic E-state index is 15.4. The van der Waals surface area contributed by atoms with Gasteiger partial charge in [0, 0.05) is 35.3 Å². The summed E-state index contributed by atoms with van der Waals surface area (Å²) in [5.74, 6) is 1.09. The predicted octanol–water partition coefficient (Wildman–Crippen LogP) is 5.40. The van der Waals surface area contributed by atoms with Crippen molar-refractivity contribution in [2.45, 2.75) is 39.3 Å². The summed E-state index contributed by atoms with van der Waals surface area (Å²) in [6, 6.07) is 12.6. The van der Waals surface area contributed by atoms with Gasteiger partial charge in [-0.05, 0) is 56.9 Å². The zero-order chi connectivity index (χ0) is 20.5. The lowest BCUT2D eigenvalue weighted by Gasteiger charge is -2.13. The molecule has 1 aromatic heterocycles. The number of benzene rings is 2. The molecule has 4 rings (SSSR count). The van der Waals surface area contributed by atoms with Crippen LogP contribution in [0.25, 0.3) is 22.2 Å². The van der Waals surface area contributed by atoms with Gasteiger partial charge in [-0.2, -0.15) is 0 Å². The minimum Gasteiger partial charge on any atom is -0.497 e. The number of carbonyl (C=O) groups excluding carboxylic acids is 1. The molecule has 0 atom stereocenters. The van der Waals surface area contributed by atoms with E-state index in [0.717, 1.165) is 17.6 Å². The van der Waals surface area contributed by atoms with E-state index in [9.17, 15) is 4.79 Å². The first-order valence-electron chi connectivity index (χ1n) is 10.00. The number of anilines is 1. The second-order valence-corrected chi connectivity index (χ2v) is 7.93. The van der Waals surface area contributed by atoms with Crippen LogP contribution in [0.15, 0.2) is 42.5 Å². The molecule has 0 bridgehead atoms. The summed E-state index contributed by atoms with van der Waals surface area (Å²) in [5, 5.41) is 6.18. The number of carbonyl (C=O) groups is 1. The predicted molar refractivity (Wildman–Crippen MR) is 114 cm³/mol. The maximum atomic E-state index is 15.4. The molecule has 152 valence electrons. The van der Waals surface area contributed by atoms with Crippen LogP contribution in [0.4, 0.5) is 14.9 Å². The number of nitrogens with one attached hydrogen (secondary N) is 2. The van der Waals surface area contributed by atoms with E-state index in [-0.39, 0.29) is 17.9 Å². The van der Waals surface area contributed by atoms with E-state index in [0.29, 0.717) is 28.4 Å². The van der Waals surface area contributed by atoms with Crippen molar-refractivity contribution in [2.24, 2.45) is 5.92 Å². The van der Waals surface area contributed by atoms with Crippen LogP contribution >= 0.6 is 0 Å². The van der Waals surface area contributed by atoms with Gasteiger partial charge in [0.1, 0.15) is 5.75 Å². The number of hydrogen-bond donors (Lipinski definition) is 2. The molecule has 1 saturated carbocycles. The van der Waals surface area contributed by atoms with Crippen molar-refractivity contribution in [3.8, 4) is 17.0 Å². The van der Waals surface area contributed by atoms with E-state index in [4.69, 9.17) is 4.74 Å². The summed E-state index contributed by atoms with van der Waals surface area (Å²) in [6.45, 7) is 4.60. The molecule has 1 aliphatic rings. The molecule has 5 nitrogen and oxygen atoms in total. The molecule has 0 radical (unpaired) electrons. The average Bonchev–Trinajstić information content (AvgIpc) is 3.47. The van der Waals surface area contributed by atoms with Gasteiger partial charge in [-0.15, -0.1) is 0 Å². The highest BCUT2D eigenvalue weighted by Gasteiger charge is 2.26. The Labute approximate surface area is 169 Å².